The van der Waals surface area contributed by atoms with Crippen LogP contribution in [0.5, 0.6) is 0 Å². The van der Waals surface area contributed by atoms with Gasteiger partial charge in [-0.1, -0.05) is 18.2 Å². The van der Waals surface area contributed by atoms with Crippen LogP contribution < -0.4 is 5.32 Å². The Morgan fingerprint density at radius 2 is 1.96 bits per heavy atom. The Bertz CT molecular complexity index is 660. The lowest BCUT2D eigenvalue weighted by Crippen LogP contribution is -2.42. The molecule has 6 nitrogen and oxygen atoms in total. The van der Waals surface area contributed by atoms with Gasteiger partial charge in [0.1, 0.15) is 12.6 Å². The third-order valence-electron chi connectivity index (χ3n) is 3.43. The summed E-state index contributed by atoms with van der Waals surface area (Å²) in [6.07, 6.45) is -5.46. The van der Waals surface area contributed by atoms with Crippen LogP contribution in [0.15, 0.2) is 24.3 Å². The van der Waals surface area contributed by atoms with Crippen molar-refractivity contribution in [1.82, 2.24) is 10.2 Å². The molecule has 1 aliphatic heterocycles. The number of nitrogens with zero attached hydrogens (tertiary/aromatic N) is 1. The molecule has 130 valence electrons. The molecule has 24 heavy (non-hydrogen) atoms. The second-order valence-electron chi connectivity index (χ2n) is 5.33. The smallest absolute Gasteiger partial charge is 0.405 e. The molecular formula is C15H15F3N2O4. The minimum absolute atomic E-state index is 0.189. The number of esters is 1. The number of rotatable bonds is 5. The molecule has 0 bridgehead atoms. The minimum Gasteiger partial charge on any atom is -0.453 e. The number of cyclic esters (lactones) is 1. The first-order chi connectivity index (χ1) is 11.2. The number of hydrogen-bond acceptors (Lipinski definition) is 4. The molecule has 0 radical (unpaired) electrons. The largest absolute Gasteiger partial charge is 0.453 e. The van der Waals surface area contributed by atoms with Gasteiger partial charge in [-0.2, -0.15) is 13.2 Å². The highest BCUT2D eigenvalue weighted by molar-refractivity contribution is 5.95. The first-order valence-corrected chi connectivity index (χ1v) is 7.04. The second kappa shape index (κ2) is 6.90. The summed E-state index contributed by atoms with van der Waals surface area (Å²) in [6, 6.07) is 6.61. The fourth-order valence-corrected chi connectivity index (χ4v) is 2.24. The third kappa shape index (κ3) is 4.46. The van der Waals surface area contributed by atoms with Crippen LogP contribution in [0.25, 0.3) is 0 Å². The standard InChI is InChI=1S/C15H15F3N2O4/c1-20(7-12(21)19-8-15(16,17)18)13(22)6-11-9-4-2-3-5-10(9)14(23)24-11/h2-5,11H,6-8H2,1H3,(H,19,21). The number of fused-ring (bicyclic) bond motifs is 1. The van der Waals surface area contributed by atoms with Gasteiger partial charge < -0.3 is 15.0 Å². The SMILES string of the molecule is CN(CC(=O)NCC(F)(F)F)C(=O)CC1OC(=O)c2ccccc21. The highest BCUT2D eigenvalue weighted by atomic mass is 19.4. The van der Waals surface area contributed by atoms with Crippen LogP contribution in [0, 0.1) is 0 Å². The molecule has 1 N–H and O–H groups in total. The van der Waals surface area contributed by atoms with E-state index in [1.165, 1.54) is 7.05 Å². The number of alkyl halides is 3. The van der Waals surface area contributed by atoms with Crippen LogP contribution in [0.2, 0.25) is 0 Å². The molecule has 0 spiro atoms. The van der Waals surface area contributed by atoms with E-state index in [4.69, 9.17) is 4.74 Å². The molecule has 0 saturated heterocycles. The molecule has 0 aliphatic carbocycles. The van der Waals surface area contributed by atoms with Crippen molar-refractivity contribution in [3.63, 3.8) is 0 Å². The van der Waals surface area contributed by atoms with Crippen LogP contribution in [-0.4, -0.2) is 49.0 Å². The van der Waals surface area contributed by atoms with Gasteiger partial charge in [-0.05, 0) is 6.07 Å². The molecular weight excluding hydrogens is 329 g/mol. The molecule has 1 heterocycles. The zero-order chi connectivity index (χ0) is 17.9. The number of nitrogens with one attached hydrogen (secondary N) is 1. The summed E-state index contributed by atoms with van der Waals surface area (Å²) < 4.78 is 41.2. The molecule has 1 aromatic carbocycles. The van der Waals surface area contributed by atoms with E-state index in [0.717, 1.165) is 4.90 Å². The highest BCUT2D eigenvalue weighted by Gasteiger charge is 2.33. The van der Waals surface area contributed by atoms with E-state index in [1.807, 2.05) is 0 Å². The second-order valence-corrected chi connectivity index (χ2v) is 5.33. The van der Waals surface area contributed by atoms with Gasteiger partial charge in [-0.3, -0.25) is 9.59 Å². The third-order valence-corrected chi connectivity index (χ3v) is 3.43. The Morgan fingerprint density at radius 3 is 2.62 bits per heavy atom. The van der Waals surface area contributed by atoms with Crippen molar-refractivity contribution in [2.45, 2.75) is 18.7 Å². The number of hydrogen-bond donors (Lipinski definition) is 1. The van der Waals surface area contributed by atoms with Crippen molar-refractivity contribution < 1.29 is 32.3 Å². The van der Waals surface area contributed by atoms with Crippen molar-refractivity contribution in [2.24, 2.45) is 0 Å². The van der Waals surface area contributed by atoms with Gasteiger partial charge >= 0.3 is 12.1 Å². The number of carbonyl (C=O) groups is 3. The van der Waals surface area contributed by atoms with E-state index in [1.54, 1.807) is 29.6 Å². The van der Waals surface area contributed by atoms with E-state index in [9.17, 15) is 27.6 Å². The number of ether oxygens (including phenoxy) is 1. The van der Waals surface area contributed by atoms with E-state index in [0.29, 0.717) is 11.1 Å². The van der Waals surface area contributed by atoms with Gasteiger partial charge in [0.2, 0.25) is 11.8 Å². The summed E-state index contributed by atoms with van der Waals surface area (Å²) in [5, 5.41) is 1.68. The molecule has 9 heteroatoms. The number of benzene rings is 1. The van der Waals surface area contributed by atoms with Crippen LogP contribution >= 0.6 is 0 Å². The average Bonchev–Trinajstić information content (AvgIpc) is 2.81. The lowest BCUT2D eigenvalue weighted by molar-refractivity contribution is -0.142. The predicted molar refractivity (Wildman–Crippen MR) is 75.9 cm³/mol. The fraction of sp³-hybridized carbons (Fsp3) is 0.400. The summed E-state index contributed by atoms with van der Waals surface area (Å²) in [4.78, 5) is 36.1. The molecule has 0 saturated carbocycles. The van der Waals surface area contributed by atoms with E-state index >= 15 is 0 Å². The number of halogens is 3. The minimum atomic E-state index is -4.51. The monoisotopic (exact) mass is 344 g/mol. The lowest BCUT2D eigenvalue weighted by Gasteiger charge is -2.19. The van der Waals surface area contributed by atoms with Gasteiger partial charge in [0.05, 0.1) is 18.5 Å². The van der Waals surface area contributed by atoms with E-state index < -0.39 is 43.2 Å². The highest BCUT2D eigenvalue weighted by Crippen LogP contribution is 2.32. The zero-order valence-corrected chi connectivity index (χ0v) is 12.7. The van der Waals surface area contributed by atoms with Crippen LogP contribution in [0.3, 0.4) is 0 Å². The Kier molecular flexibility index (Phi) is 5.10. The Morgan fingerprint density at radius 1 is 1.29 bits per heavy atom. The Labute approximate surface area is 135 Å². The molecule has 1 atom stereocenters. The summed E-state index contributed by atoms with van der Waals surface area (Å²) in [5.74, 6) is -1.98. The van der Waals surface area contributed by atoms with Gasteiger partial charge in [0.15, 0.2) is 0 Å². The van der Waals surface area contributed by atoms with Crippen molar-refractivity contribution >= 4 is 17.8 Å². The van der Waals surface area contributed by atoms with Gasteiger partial charge in [0.25, 0.3) is 0 Å². The topological polar surface area (TPSA) is 75.7 Å². The van der Waals surface area contributed by atoms with Crippen molar-refractivity contribution in [3.05, 3.63) is 35.4 Å². The van der Waals surface area contributed by atoms with Crippen molar-refractivity contribution in [2.75, 3.05) is 20.1 Å². The lowest BCUT2D eigenvalue weighted by atomic mass is 10.0. The number of amides is 2. The zero-order valence-electron chi connectivity index (χ0n) is 12.7. The maximum Gasteiger partial charge on any atom is 0.405 e. The quantitative estimate of drug-likeness (QED) is 0.820. The average molecular weight is 344 g/mol. The molecule has 1 aromatic rings. The molecule has 0 fully saturated rings. The summed E-state index contributed by atoms with van der Waals surface area (Å²) in [6.45, 7) is -1.97. The molecule has 2 amide bonds. The van der Waals surface area contributed by atoms with E-state index in [2.05, 4.69) is 0 Å². The van der Waals surface area contributed by atoms with Gasteiger partial charge in [-0.25, -0.2) is 4.79 Å². The molecule has 2 rings (SSSR count). The Hall–Kier alpha value is -2.58. The van der Waals surface area contributed by atoms with E-state index in [-0.39, 0.29) is 6.42 Å². The maximum absolute atomic E-state index is 12.1. The number of likely N-dealkylation sites (N-methyl/N-ethyl adjacent to an activating group) is 1. The van der Waals surface area contributed by atoms with Crippen molar-refractivity contribution in [3.8, 4) is 0 Å². The molecule has 1 unspecified atom stereocenters. The summed E-state index contributed by atoms with van der Waals surface area (Å²) in [5.41, 5.74) is 0.951. The molecule has 0 aromatic heterocycles. The van der Waals surface area contributed by atoms with Crippen molar-refractivity contribution in [1.29, 1.82) is 0 Å². The predicted octanol–water partition coefficient (Wildman–Crippen LogP) is 1.43. The van der Waals surface area contributed by atoms with Gasteiger partial charge in [0, 0.05) is 12.6 Å². The first-order valence-electron chi connectivity index (χ1n) is 7.04. The van der Waals surface area contributed by atoms with Crippen LogP contribution in [0.1, 0.15) is 28.4 Å². The molecule has 1 aliphatic rings. The van der Waals surface area contributed by atoms with Crippen LogP contribution in [0.4, 0.5) is 13.2 Å². The normalized spacial score (nSPS) is 16.3. The maximum atomic E-state index is 12.1. The van der Waals surface area contributed by atoms with Gasteiger partial charge in [-0.15, -0.1) is 0 Å². The Balaban J connectivity index is 1.89. The summed E-state index contributed by atoms with van der Waals surface area (Å²) >= 11 is 0. The van der Waals surface area contributed by atoms with Crippen LogP contribution in [-0.2, 0) is 14.3 Å². The summed E-state index contributed by atoms with van der Waals surface area (Å²) in [7, 11) is 1.29. The fourth-order valence-electron chi connectivity index (χ4n) is 2.24. The first kappa shape index (κ1) is 17.8. The number of carbonyl (C=O) groups excluding carboxylic acids is 3.